The Balaban J connectivity index is 1.33. The lowest BCUT2D eigenvalue weighted by atomic mass is 9.84. The number of nitrogens with one attached hydrogen (secondary N) is 3. The van der Waals surface area contributed by atoms with Crippen LogP contribution in [0.15, 0.2) is 66.7 Å². The van der Waals surface area contributed by atoms with E-state index in [1.165, 1.54) is 35.8 Å². The van der Waals surface area contributed by atoms with E-state index in [-0.39, 0.29) is 24.6 Å². The molecule has 1 aromatic heterocycles. The average Bonchev–Trinajstić information content (AvgIpc) is 3.49. The Kier molecular flexibility index (Phi) is 8.38. The van der Waals surface area contributed by atoms with Crippen molar-refractivity contribution in [3.63, 3.8) is 0 Å². The van der Waals surface area contributed by atoms with Crippen molar-refractivity contribution in [1.82, 2.24) is 25.9 Å². The van der Waals surface area contributed by atoms with Gasteiger partial charge in [0.2, 0.25) is 0 Å². The number of halogens is 2. The zero-order chi connectivity index (χ0) is 27.9. The summed E-state index contributed by atoms with van der Waals surface area (Å²) in [6.07, 6.45) is 6.02. The molecule has 0 spiro atoms. The SMILES string of the molecule is O=C(Nc1nn[nH]n1)c1ccc(CN(C(=O)NCc2c(F)cccc2F)c2ccc(C3CCCCC3)cc2)cc1. The summed E-state index contributed by atoms with van der Waals surface area (Å²) in [7, 11) is 0. The Bertz CT molecular complexity index is 1420. The standard InChI is InChI=1S/C29H29F2N7O2/c30-25-7-4-8-26(31)24(25)17-32-29(40)38(23-15-13-21(14-16-23)20-5-2-1-3-6-20)18-19-9-11-22(12-10-19)27(39)33-28-34-36-37-35-28/h4,7-16,20H,1-3,5-6,17-18H2,(H,32,40)(H2,33,34,35,36,37,39). The van der Waals surface area contributed by atoms with E-state index in [9.17, 15) is 18.4 Å². The molecule has 9 nitrogen and oxygen atoms in total. The maximum atomic E-state index is 14.2. The van der Waals surface area contributed by atoms with Gasteiger partial charge in [-0.3, -0.25) is 15.0 Å². The predicted octanol–water partition coefficient (Wildman–Crippen LogP) is 5.69. The number of aromatic nitrogens is 4. The second kappa shape index (κ2) is 12.5. The van der Waals surface area contributed by atoms with E-state index in [2.05, 4.69) is 31.3 Å². The number of anilines is 2. The lowest BCUT2D eigenvalue weighted by molar-refractivity contribution is 0.102. The number of tetrazole rings is 1. The Morgan fingerprint density at radius 2 is 1.62 bits per heavy atom. The molecule has 1 heterocycles. The summed E-state index contributed by atoms with van der Waals surface area (Å²) in [6, 6.07) is 17.7. The van der Waals surface area contributed by atoms with Gasteiger partial charge in [0.15, 0.2) is 0 Å². The minimum atomic E-state index is -0.724. The van der Waals surface area contributed by atoms with Gasteiger partial charge < -0.3 is 5.32 Å². The molecular weight excluding hydrogens is 516 g/mol. The van der Waals surface area contributed by atoms with E-state index >= 15 is 0 Å². The lowest BCUT2D eigenvalue weighted by Crippen LogP contribution is -2.39. The van der Waals surface area contributed by atoms with Crippen LogP contribution in [0.4, 0.5) is 25.2 Å². The second-order valence-corrected chi connectivity index (χ2v) is 9.76. The maximum Gasteiger partial charge on any atom is 0.322 e. The molecule has 3 N–H and O–H groups in total. The lowest BCUT2D eigenvalue weighted by Gasteiger charge is -2.26. The molecule has 0 unspecified atom stereocenters. The highest BCUT2D eigenvalue weighted by molar-refractivity contribution is 6.03. The third kappa shape index (κ3) is 6.48. The van der Waals surface area contributed by atoms with Gasteiger partial charge in [-0.15, -0.1) is 5.10 Å². The number of hydrogen-bond donors (Lipinski definition) is 3. The summed E-state index contributed by atoms with van der Waals surface area (Å²) in [4.78, 5) is 27.3. The van der Waals surface area contributed by atoms with E-state index in [0.29, 0.717) is 17.2 Å². The van der Waals surface area contributed by atoms with E-state index in [1.807, 2.05) is 24.3 Å². The summed E-state index contributed by atoms with van der Waals surface area (Å²) in [5.74, 6) is -1.29. The molecule has 4 aromatic rings. The van der Waals surface area contributed by atoms with Crippen molar-refractivity contribution < 1.29 is 18.4 Å². The van der Waals surface area contributed by atoms with Crippen LogP contribution in [0.3, 0.4) is 0 Å². The van der Waals surface area contributed by atoms with Crippen molar-refractivity contribution in [2.45, 2.75) is 51.1 Å². The molecule has 0 aliphatic heterocycles. The molecule has 3 aromatic carbocycles. The Labute approximate surface area is 230 Å². The van der Waals surface area contributed by atoms with Gasteiger partial charge in [-0.05, 0) is 71.5 Å². The summed E-state index contributed by atoms with van der Waals surface area (Å²) >= 11 is 0. The van der Waals surface area contributed by atoms with E-state index in [4.69, 9.17) is 0 Å². The third-order valence-corrected chi connectivity index (χ3v) is 7.13. The molecule has 0 atom stereocenters. The van der Waals surface area contributed by atoms with Gasteiger partial charge >= 0.3 is 6.03 Å². The van der Waals surface area contributed by atoms with E-state index in [0.717, 1.165) is 30.5 Å². The van der Waals surface area contributed by atoms with Crippen LogP contribution < -0.4 is 15.5 Å². The molecule has 0 bridgehead atoms. The number of nitrogens with zero attached hydrogens (tertiary/aromatic N) is 4. The van der Waals surface area contributed by atoms with Crippen LogP contribution in [0.5, 0.6) is 0 Å². The quantitative estimate of drug-likeness (QED) is 0.263. The number of hydrogen-bond acceptors (Lipinski definition) is 5. The first-order valence-corrected chi connectivity index (χ1v) is 13.2. The predicted molar refractivity (Wildman–Crippen MR) is 146 cm³/mol. The van der Waals surface area contributed by atoms with E-state index < -0.39 is 23.6 Å². The molecule has 0 radical (unpaired) electrons. The van der Waals surface area contributed by atoms with Crippen LogP contribution >= 0.6 is 0 Å². The van der Waals surface area contributed by atoms with Crippen molar-refractivity contribution in [1.29, 1.82) is 0 Å². The fraction of sp³-hybridized carbons (Fsp3) is 0.276. The van der Waals surface area contributed by atoms with Gasteiger partial charge in [0.25, 0.3) is 11.9 Å². The zero-order valence-electron chi connectivity index (χ0n) is 21.7. The van der Waals surface area contributed by atoms with Crippen LogP contribution in [0.2, 0.25) is 0 Å². The average molecular weight is 546 g/mol. The van der Waals surface area contributed by atoms with Crippen molar-refractivity contribution >= 4 is 23.6 Å². The Morgan fingerprint density at radius 1 is 0.925 bits per heavy atom. The smallest absolute Gasteiger partial charge is 0.322 e. The van der Waals surface area contributed by atoms with Crippen molar-refractivity contribution in [3.8, 4) is 0 Å². The molecule has 3 amide bonds. The minimum absolute atomic E-state index is 0.0554. The number of carbonyl (C=O) groups is 2. The highest BCUT2D eigenvalue weighted by Crippen LogP contribution is 2.33. The van der Waals surface area contributed by atoms with Crippen molar-refractivity contribution in [2.24, 2.45) is 0 Å². The fourth-order valence-corrected chi connectivity index (χ4v) is 4.94. The first-order valence-electron chi connectivity index (χ1n) is 13.2. The van der Waals surface area contributed by atoms with Crippen LogP contribution in [-0.4, -0.2) is 32.6 Å². The molecule has 40 heavy (non-hydrogen) atoms. The van der Waals surface area contributed by atoms with Crippen LogP contribution in [-0.2, 0) is 13.1 Å². The molecule has 1 aliphatic carbocycles. The van der Waals surface area contributed by atoms with E-state index in [1.54, 1.807) is 24.3 Å². The van der Waals surface area contributed by atoms with Gasteiger partial charge in [-0.25, -0.2) is 13.6 Å². The first-order chi connectivity index (χ1) is 19.5. The molecule has 1 saturated carbocycles. The summed E-state index contributed by atoms with van der Waals surface area (Å²) in [5.41, 5.74) is 2.80. The molecule has 5 rings (SSSR count). The zero-order valence-corrected chi connectivity index (χ0v) is 21.7. The molecule has 1 fully saturated rings. The number of H-pyrrole nitrogens is 1. The highest BCUT2D eigenvalue weighted by Gasteiger charge is 2.20. The van der Waals surface area contributed by atoms with Gasteiger partial charge in [0.05, 0.1) is 13.1 Å². The Hall–Kier alpha value is -4.67. The van der Waals surface area contributed by atoms with Crippen molar-refractivity contribution in [2.75, 3.05) is 10.2 Å². The molecule has 0 saturated heterocycles. The number of urea groups is 1. The topological polar surface area (TPSA) is 116 Å². The van der Waals surface area contributed by atoms with Crippen molar-refractivity contribution in [3.05, 3.63) is 101 Å². The number of rotatable bonds is 8. The van der Waals surface area contributed by atoms with Crippen LogP contribution in [0.1, 0.15) is 65.1 Å². The number of aromatic amines is 1. The maximum absolute atomic E-state index is 14.2. The second-order valence-electron chi connectivity index (χ2n) is 9.76. The monoisotopic (exact) mass is 545 g/mol. The summed E-state index contributed by atoms with van der Waals surface area (Å²) in [5, 5.41) is 18.2. The van der Waals surface area contributed by atoms with Gasteiger partial charge in [-0.2, -0.15) is 5.21 Å². The van der Waals surface area contributed by atoms with Gasteiger partial charge in [0, 0.05) is 16.8 Å². The number of carbonyl (C=O) groups excluding carboxylic acids is 2. The normalized spacial score (nSPS) is 13.6. The molecule has 206 valence electrons. The number of benzene rings is 3. The third-order valence-electron chi connectivity index (χ3n) is 7.13. The first kappa shape index (κ1) is 26.9. The highest BCUT2D eigenvalue weighted by atomic mass is 19.1. The van der Waals surface area contributed by atoms with Gasteiger partial charge in [-0.1, -0.05) is 54.7 Å². The largest absolute Gasteiger partial charge is 0.333 e. The minimum Gasteiger partial charge on any atom is -0.333 e. The summed E-state index contributed by atoms with van der Waals surface area (Å²) < 4.78 is 28.3. The molecule has 1 aliphatic rings. The fourth-order valence-electron chi connectivity index (χ4n) is 4.94. The van der Waals surface area contributed by atoms with Crippen LogP contribution in [0.25, 0.3) is 0 Å². The summed E-state index contributed by atoms with van der Waals surface area (Å²) in [6.45, 7) is -0.135. The van der Waals surface area contributed by atoms with Gasteiger partial charge in [0.1, 0.15) is 11.6 Å². The Morgan fingerprint density at radius 3 is 2.27 bits per heavy atom. The molecular formula is C29H29F2N7O2. The molecule has 11 heteroatoms. The van der Waals surface area contributed by atoms with Crippen LogP contribution in [0, 0.1) is 11.6 Å². The number of amides is 3.